The molecule has 42 heavy (non-hydrogen) atoms. The molecule has 0 aliphatic carbocycles. The number of amides is 2. The molecule has 1 aromatic heterocycles. The Bertz CT molecular complexity index is 1470. The average molecular weight is 600 g/mol. The number of nitrogens with zero attached hydrogens (tertiary/aromatic N) is 3. The lowest BCUT2D eigenvalue weighted by Gasteiger charge is -2.41. The van der Waals surface area contributed by atoms with Gasteiger partial charge >= 0.3 is 12.1 Å². The molecule has 2 heterocycles. The molecule has 2 amide bonds. The van der Waals surface area contributed by atoms with Crippen molar-refractivity contribution in [2.24, 2.45) is 0 Å². The maximum absolute atomic E-state index is 13.9. The second-order valence-corrected chi connectivity index (χ2v) is 12.0. The van der Waals surface area contributed by atoms with Crippen molar-refractivity contribution in [3.8, 4) is 10.4 Å². The topological polar surface area (TPSA) is 106 Å². The predicted molar refractivity (Wildman–Crippen MR) is 151 cm³/mol. The highest BCUT2D eigenvalue weighted by Crippen LogP contribution is 2.32. The van der Waals surface area contributed by atoms with Crippen LogP contribution >= 0.6 is 11.3 Å². The molecule has 1 aliphatic heterocycles. The van der Waals surface area contributed by atoms with E-state index in [9.17, 15) is 28.0 Å². The van der Waals surface area contributed by atoms with E-state index >= 15 is 0 Å². The molecule has 0 saturated carbocycles. The van der Waals surface area contributed by atoms with Gasteiger partial charge in [-0.2, -0.15) is 0 Å². The number of ketones is 1. The van der Waals surface area contributed by atoms with Crippen molar-refractivity contribution < 1.29 is 37.4 Å². The van der Waals surface area contributed by atoms with Crippen molar-refractivity contribution in [1.82, 2.24) is 14.8 Å². The summed E-state index contributed by atoms with van der Waals surface area (Å²) in [6, 6.07) is 9.75. The van der Waals surface area contributed by atoms with Gasteiger partial charge in [0.1, 0.15) is 22.9 Å². The number of hydrogen-bond acceptors (Lipinski definition) is 8. The molecular formula is C30H31F2N3O6S. The zero-order valence-electron chi connectivity index (χ0n) is 23.7. The van der Waals surface area contributed by atoms with Crippen LogP contribution < -0.4 is 0 Å². The van der Waals surface area contributed by atoms with Crippen LogP contribution in [0.15, 0.2) is 48.5 Å². The molecule has 1 atom stereocenters. The fourth-order valence-electron chi connectivity index (χ4n) is 4.41. The molecule has 1 unspecified atom stereocenters. The van der Waals surface area contributed by atoms with E-state index in [4.69, 9.17) is 9.47 Å². The largest absolute Gasteiger partial charge is 0.457 e. The van der Waals surface area contributed by atoms with Gasteiger partial charge < -0.3 is 19.3 Å². The SMILES string of the molecule is Cc1nc(C(=O)N2CCN(C(=O)OC(C)(C)C)CC2CC(=O)OCC(=O)c2ccc(F)cc2)c(-c2ccc(F)cc2)s1. The molecule has 4 rings (SSSR count). The molecular weight excluding hydrogens is 568 g/mol. The second kappa shape index (κ2) is 12.8. The molecule has 12 heteroatoms. The standard InChI is InChI=1S/C30H31F2N3O6S/c1-18-33-26(27(42-18)20-7-11-22(32)12-8-20)28(38)35-14-13-34(29(39)41-30(2,3)4)16-23(35)15-25(37)40-17-24(36)19-5-9-21(31)10-6-19/h5-12,23H,13-17H2,1-4H3. The van der Waals surface area contributed by atoms with E-state index in [2.05, 4.69) is 4.98 Å². The van der Waals surface area contributed by atoms with Crippen molar-refractivity contribution in [1.29, 1.82) is 0 Å². The Morgan fingerprint density at radius 3 is 2.21 bits per heavy atom. The normalized spacial score (nSPS) is 15.3. The quantitative estimate of drug-likeness (QED) is 0.269. The molecule has 0 N–H and O–H groups in total. The lowest BCUT2D eigenvalue weighted by Crippen LogP contribution is -2.57. The fourth-order valence-corrected chi connectivity index (χ4v) is 5.33. The van der Waals surface area contributed by atoms with Crippen LogP contribution in [-0.4, -0.2) is 76.4 Å². The Morgan fingerprint density at radius 1 is 0.976 bits per heavy atom. The van der Waals surface area contributed by atoms with Crippen LogP contribution in [0.1, 0.15) is 53.0 Å². The highest BCUT2D eigenvalue weighted by Gasteiger charge is 2.38. The van der Waals surface area contributed by atoms with Gasteiger partial charge in [-0.3, -0.25) is 14.4 Å². The highest BCUT2D eigenvalue weighted by molar-refractivity contribution is 7.15. The Balaban J connectivity index is 1.54. The number of carbonyl (C=O) groups is 4. The summed E-state index contributed by atoms with van der Waals surface area (Å²) in [4.78, 5) is 59.9. The number of ether oxygens (including phenoxy) is 2. The van der Waals surface area contributed by atoms with Gasteiger partial charge in [0, 0.05) is 25.2 Å². The van der Waals surface area contributed by atoms with E-state index in [1.165, 1.54) is 45.4 Å². The van der Waals surface area contributed by atoms with Crippen LogP contribution in [0.4, 0.5) is 13.6 Å². The van der Waals surface area contributed by atoms with Gasteiger partial charge in [-0.1, -0.05) is 12.1 Å². The number of rotatable bonds is 7. The predicted octanol–water partition coefficient (Wildman–Crippen LogP) is 5.27. The molecule has 9 nitrogen and oxygen atoms in total. The van der Waals surface area contributed by atoms with Crippen molar-refractivity contribution in [2.45, 2.75) is 45.8 Å². The van der Waals surface area contributed by atoms with Gasteiger partial charge in [0.25, 0.3) is 5.91 Å². The summed E-state index contributed by atoms with van der Waals surface area (Å²) < 4.78 is 37.4. The van der Waals surface area contributed by atoms with E-state index < -0.39 is 53.6 Å². The Hall–Kier alpha value is -4.19. The molecule has 2 aromatic carbocycles. The lowest BCUT2D eigenvalue weighted by molar-refractivity contribution is -0.144. The van der Waals surface area contributed by atoms with Gasteiger partial charge in [-0.05, 0) is 69.7 Å². The number of Topliss-reactive ketones (excluding diaryl/α,β-unsaturated/α-hetero) is 1. The summed E-state index contributed by atoms with van der Waals surface area (Å²) in [7, 11) is 0. The first-order valence-corrected chi connectivity index (χ1v) is 14.1. The number of benzene rings is 2. The molecule has 3 aromatic rings. The van der Waals surface area contributed by atoms with Gasteiger partial charge in [-0.25, -0.2) is 18.6 Å². The summed E-state index contributed by atoms with van der Waals surface area (Å²) in [5.74, 6) is -2.65. The van der Waals surface area contributed by atoms with Crippen LogP contribution in [0.2, 0.25) is 0 Å². The third-order valence-corrected chi connectivity index (χ3v) is 7.39. The second-order valence-electron chi connectivity index (χ2n) is 10.8. The van der Waals surface area contributed by atoms with E-state index in [1.807, 2.05) is 0 Å². The Morgan fingerprint density at radius 2 is 1.60 bits per heavy atom. The first kappa shape index (κ1) is 30.8. The van der Waals surface area contributed by atoms with Crippen LogP contribution in [0.25, 0.3) is 10.4 Å². The number of esters is 1. The van der Waals surface area contributed by atoms with Crippen LogP contribution in [-0.2, 0) is 14.3 Å². The van der Waals surface area contributed by atoms with Crippen molar-refractivity contribution in [3.63, 3.8) is 0 Å². The van der Waals surface area contributed by atoms with Gasteiger partial charge in [0.2, 0.25) is 0 Å². The maximum atomic E-state index is 13.9. The average Bonchev–Trinajstić information content (AvgIpc) is 3.32. The third kappa shape index (κ3) is 7.75. The summed E-state index contributed by atoms with van der Waals surface area (Å²) in [6.07, 6.45) is -0.896. The van der Waals surface area contributed by atoms with Gasteiger partial charge in [0.05, 0.1) is 22.3 Å². The van der Waals surface area contributed by atoms with E-state index in [0.29, 0.717) is 15.4 Å². The maximum Gasteiger partial charge on any atom is 0.410 e. The Labute approximate surface area is 246 Å². The number of thiazole rings is 1. The number of aryl methyl sites for hydroxylation is 1. The highest BCUT2D eigenvalue weighted by atomic mass is 32.1. The third-order valence-electron chi connectivity index (χ3n) is 6.37. The summed E-state index contributed by atoms with van der Waals surface area (Å²) in [6.45, 7) is 6.62. The zero-order valence-corrected chi connectivity index (χ0v) is 24.5. The molecule has 1 fully saturated rings. The molecule has 0 bridgehead atoms. The first-order chi connectivity index (χ1) is 19.8. The molecule has 0 spiro atoms. The lowest BCUT2D eigenvalue weighted by atomic mass is 10.1. The minimum Gasteiger partial charge on any atom is -0.457 e. The summed E-state index contributed by atoms with van der Waals surface area (Å²) >= 11 is 1.28. The van der Waals surface area contributed by atoms with Crippen LogP contribution in [0.5, 0.6) is 0 Å². The van der Waals surface area contributed by atoms with Crippen molar-refractivity contribution in [3.05, 3.63) is 76.4 Å². The minimum absolute atomic E-state index is 0.0172. The van der Waals surface area contributed by atoms with Gasteiger partial charge in [0.15, 0.2) is 12.4 Å². The molecule has 222 valence electrons. The molecule has 1 saturated heterocycles. The zero-order chi connectivity index (χ0) is 30.6. The number of hydrogen-bond donors (Lipinski definition) is 0. The summed E-state index contributed by atoms with van der Waals surface area (Å²) in [5.41, 5.74) is 0.205. The molecule has 1 aliphatic rings. The smallest absolute Gasteiger partial charge is 0.410 e. The number of carbonyl (C=O) groups excluding carboxylic acids is 4. The monoisotopic (exact) mass is 599 g/mol. The van der Waals surface area contributed by atoms with E-state index in [0.717, 1.165) is 12.1 Å². The van der Waals surface area contributed by atoms with E-state index in [1.54, 1.807) is 39.8 Å². The van der Waals surface area contributed by atoms with Gasteiger partial charge in [-0.15, -0.1) is 11.3 Å². The minimum atomic E-state index is -0.810. The number of piperazine rings is 1. The van der Waals surface area contributed by atoms with Crippen LogP contribution in [0, 0.1) is 18.6 Å². The van der Waals surface area contributed by atoms with Crippen molar-refractivity contribution in [2.75, 3.05) is 26.2 Å². The first-order valence-electron chi connectivity index (χ1n) is 13.3. The molecule has 0 radical (unpaired) electrons. The van der Waals surface area contributed by atoms with E-state index in [-0.39, 0.29) is 37.3 Å². The fraction of sp³-hybridized carbons (Fsp3) is 0.367. The Kier molecular flexibility index (Phi) is 9.35. The van der Waals surface area contributed by atoms with Crippen molar-refractivity contribution >= 4 is 35.1 Å². The summed E-state index contributed by atoms with van der Waals surface area (Å²) in [5, 5.41) is 0.625. The number of halogens is 2. The number of aromatic nitrogens is 1. The van der Waals surface area contributed by atoms with Crippen LogP contribution in [0.3, 0.4) is 0 Å².